The van der Waals surface area contributed by atoms with Crippen molar-refractivity contribution in [1.29, 1.82) is 0 Å². The number of aromatic nitrogens is 1. The molecule has 4 heteroatoms. The average molecular weight is 792 g/mol. The molecule has 9 aromatic rings. The molecule has 2 heterocycles. The lowest BCUT2D eigenvalue weighted by molar-refractivity contribution is 0.660. The van der Waals surface area contributed by atoms with Gasteiger partial charge in [-0.25, -0.2) is 0 Å². The van der Waals surface area contributed by atoms with E-state index in [0.717, 1.165) is 44.9 Å². The molecule has 0 saturated carbocycles. The summed E-state index contributed by atoms with van der Waals surface area (Å²) >= 11 is 3.53. The first-order valence-electron chi connectivity index (χ1n) is 20.6. The lowest BCUT2D eigenvalue weighted by Gasteiger charge is -2.25. The summed E-state index contributed by atoms with van der Waals surface area (Å²) in [5.41, 5.74) is 19.1. The van der Waals surface area contributed by atoms with Crippen LogP contribution in [0.3, 0.4) is 0 Å². The van der Waals surface area contributed by atoms with Crippen LogP contribution in [-0.4, -0.2) is 16.5 Å². The summed E-state index contributed by atoms with van der Waals surface area (Å²) in [6.07, 6.45) is 3.61. The molecule has 11 rings (SSSR count). The number of nitrogens with zero attached hydrogens (tertiary/aromatic N) is 2. The number of fused-ring (bicyclic) bond motifs is 6. The number of benzene rings is 8. The van der Waals surface area contributed by atoms with Crippen LogP contribution in [-0.2, 0) is 5.41 Å². The number of hydrogen-bond donors (Lipinski definition) is 2. The van der Waals surface area contributed by atoms with Crippen LogP contribution in [0.1, 0.15) is 47.8 Å². The molecule has 2 aliphatic rings. The predicted octanol–water partition coefficient (Wildman–Crippen LogP) is 14.1. The fourth-order valence-electron chi connectivity index (χ4n) is 9.25. The molecule has 1 N–H and O–H groups in total. The second-order valence-corrected chi connectivity index (χ2v) is 16.0. The molecule has 60 heavy (non-hydrogen) atoms. The summed E-state index contributed by atoms with van der Waals surface area (Å²) in [5.74, 6) is 0. The van der Waals surface area contributed by atoms with Gasteiger partial charge in [-0.15, -0.1) is 0 Å². The summed E-state index contributed by atoms with van der Waals surface area (Å²) in [4.78, 5) is 5.26. The highest BCUT2D eigenvalue weighted by atomic mass is 32.1. The van der Waals surface area contributed by atoms with Gasteiger partial charge >= 0.3 is 0 Å². The van der Waals surface area contributed by atoms with E-state index < -0.39 is 0 Å². The smallest absolute Gasteiger partial charge is 0.145 e. The van der Waals surface area contributed by atoms with Crippen molar-refractivity contribution in [2.75, 3.05) is 6.26 Å². The number of aliphatic imine (C=N–C) groups is 1. The highest BCUT2D eigenvalue weighted by molar-refractivity contribution is 7.79. The monoisotopic (exact) mass is 791 g/mol. The largest absolute Gasteiger partial charge is 0.360 e. The molecule has 1 unspecified atom stereocenters. The summed E-state index contributed by atoms with van der Waals surface area (Å²) in [5, 5.41) is 6.23. The third-order valence-electron chi connectivity index (χ3n) is 12.2. The van der Waals surface area contributed by atoms with Gasteiger partial charge < -0.3 is 9.88 Å². The van der Waals surface area contributed by atoms with Gasteiger partial charge in [0.1, 0.15) is 6.17 Å². The summed E-state index contributed by atoms with van der Waals surface area (Å²) in [7, 11) is 0. The number of allylic oxidation sites excluding steroid dienone is 1. The standard InChI is InChI=1S/C55H41N3.CH4S/c1-55(2)48-24-13-12-23-44(48)45-28-25-40(33-49(45)55)39-27-30-52-47(32-39)46-29-26-41(34-53(46)58(52)43-21-10-5-11-22-43)38-19-14-20-42(31-38)54-56-50(36-15-6-3-7-16-36)35-51(57-54)37-17-8-4-9-18-37;1-2/h3-35,54,56H,1-2H3;2H,1H3. The Morgan fingerprint density at radius 2 is 1.08 bits per heavy atom. The van der Waals surface area contributed by atoms with E-state index in [9.17, 15) is 0 Å². The Kier molecular flexibility index (Phi) is 9.58. The third kappa shape index (κ3) is 6.45. The van der Waals surface area contributed by atoms with Crippen molar-refractivity contribution < 1.29 is 0 Å². The Hall–Kier alpha value is -6.88. The maximum absolute atomic E-state index is 5.26. The van der Waals surface area contributed by atoms with E-state index in [1.807, 2.05) is 0 Å². The first-order chi connectivity index (χ1) is 29.5. The molecule has 0 saturated heterocycles. The van der Waals surface area contributed by atoms with Crippen LogP contribution >= 0.6 is 12.6 Å². The number of thiol groups is 1. The molecule has 0 amide bonds. The molecule has 1 aromatic heterocycles. The van der Waals surface area contributed by atoms with Crippen LogP contribution in [0.15, 0.2) is 205 Å². The Morgan fingerprint density at radius 1 is 0.483 bits per heavy atom. The van der Waals surface area contributed by atoms with E-state index >= 15 is 0 Å². The van der Waals surface area contributed by atoms with Gasteiger partial charge in [-0.1, -0.05) is 166 Å². The first kappa shape index (κ1) is 37.4. The van der Waals surface area contributed by atoms with Gasteiger partial charge in [0.05, 0.1) is 16.7 Å². The molecule has 1 atom stereocenters. The Labute approximate surface area is 357 Å². The average Bonchev–Trinajstić information content (AvgIpc) is 3.77. The van der Waals surface area contributed by atoms with Gasteiger partial charge in [0.25, 0.3) is 0 Å². The lowest BCUT2D eigenvalue weighted by atomic mass is 9.81. The SMILES string of the molecule is CC1(C)c2ccccc2-c2ccc(-c3ccc4c(c3)c3ccc(-c5cccc(C6N=C(c7ccccc7)C=C(c7ccccc7)N6)c5)cc3n4-c3ccccc3)cc21.CS. The molecule has 8 aromatic carbocycles. The molecular weight excluding hydrogens is 747 g/mol. The van der Waals surface area contributed by atoms with Crippen molar-refractivity contribution in [2.24, 2.45) is 4.99 Å². The number of para-hydroxylation sites is 1. The normalized spacial score (nSPS) is 15.0. The quantitative estimate of drug-likeness (QED) is 0.161. The highest BCUT2D eigenvalue weighted by Gasteiger charge is 2.35. The van der Waals surface area contributed by atoms with Gasteiger partial charge in [-0.05, 0) is 116 Å². The van der Waals surface area contributed by atoms with Gasteiger partial charge in [0, 0.05) is 27.6 Å². The molecule has 1 aliphatic carbocycles. The van der Waals surface area contributed by atoms with Crippen LogP contribution in [0.25, 0.3) is 66.6 Å². The minimum Gasteiger partial charge on any atom is -0.360 e. The van der Waals surface area contributed by atoms with Crippen LogP contribution in [0, 0.1) is 0 Å². The third-order valence-corrected chi connectivity index (χ3v) is 12.2. The maximum Gasteiger partial charge on any atom is 0.145 e. The lowest BCUT2D eigenvalue weighted by Crippen LogP contribution is -2.24. The van der Waals surface area contributed by atoms with Crippen molar-refractivity contribution >= 4 is 45.8 Å². The molecule has 0 bridgehead atoms. The second kappa shape index (κ2) is 15.4. The van der Waals surface area contributed by atoms with E-state index in [1.165, 1.54) is 55.2 Å². The zero-order valence-electron chi connectivity index (χ0n) is 34.0. The van der Waals surface area contributed by atoms with Crippen LogP contribution in [0.4, 0.5) is 0 Å². The first-order valence-corrected chi connectivity index (χ1v) is 21.5. The summed E-state index contributed by atoms with van der Waals surface area (Å²) < 4.78 is 2.42. The number of rotatable bonds is 6. The van der Waals surface area contributed by atoms with E-state index in [1.54, 1.807) is 6.26 Å². The van der Waals surface area contributed by atoms with Gasteiger partial charge in [-0.3, -0.25) is 4.99 Å². The predicted molar refractivity (Wildman–Crippen MR) is 257 cm³/mol. The molecule has 0 fully saturated rings. The maximum atomic E-state index is 5.26. The minimum absolute atomic E-state index is 0.0481. The molecule has 0 radical (unpaired) electrons. The van der Waals surface area contributed by atoms with E-state index in [2.05, 4.69) is 237 Å². The fourth-order valence-corrected chi connectivity index (χ4v) is 9.25. The Morgan fingerprint density at radius 3 is 1.87 bits per heavy atom. The summed E-state index contributed by atoms with van der Waals surface area (Å²) in [6, 6.07) is 70.4. The summed E-state index contributed by atoms with van der Waals surface area (Å²) in [6.45, 7) is 4.70. The van der Waals surface area contributed by atoms with E-state index in [0.29, 0.717) is 0 Å². The molecular formula is C56H45N3S. The van der Waals surface area contributed by atoms with Crippen molar-refractivity contribution in [1.82, 2.24) is 9.88 Å². The fraction of sp³-hybridized carbons (Fsp3) is 0.0893. The molecule has 0 spiro atoms. The van der Waals surface area contributed by atoms with Crippen LogP contribution < -0.4 is 5.32 Å². The Bertz CT molecular complexity index is 3100. The van der Waals surface area contributed by atoms with Gasteiger partial charge in [0.2, 0.25) is 0 Å². The van der Waals surface area contributed by atoms with Crippen molar-refractivity contribution in [3.05, 3.63) is 228 Å². The van der Waals surface area contributed by atoms with Crippen molar-refractivity contribution in [3.8, 4) is 39.1 Å². The number of nitrogens with one attached hydrogen (secondary N) is 1. The van der Waals surface area contributed by atoms with Crippen LogP contribution in [0.2, 0.25) is 0 Å². The molecule has 1 aliphatic heterocycles. The molecule has 3 nitrogen and oxygen atoms in total. The van der Waals surface area contributed by atoms with Crippen molar-refractivity contribution in [2.45, 2.75) is 25.4 Å². The second-order valence-electron chi connectivity index (χ2n) is 16.0. The Balaban J connectivity index is 0.00000213. The zero-order chi connectivity index (χ0) is 40.8. The number of hydrogen-bond acceptors (Lipinski definition) is 3. The highest BCUT2D eigenvalue weighted by Crippen LogP contribution is 2.50. The zero-order valence-corrected chi connectivity index (χ0v) is 34.9. The minimum atomic E-state index is -0.243. The van der Waals surface area contributed by atoms with Crippen LogP contribution in [0.5, 0.6) is 0 Å². The van der Waals surface area contributed by atoms with Crippen molar-refractivity contribution in [3.63, 3.8) is 0 Å². The van der Waals surface area contributed by atoms with E-state index in [-0.39, 0.29) is 11.6 Å². The molecule has 290 valence electrons. The van der Waals surface area contributed by atoms with E-state index in [4.69, 9.17) is 4.99 Å². The van der Waals surface area contributed by atoms with Gasteiger partial charge in [0.15, 0.2) is 0 Å². The topological polar surface area (TPSA) is 29.3 Å². The van der Waals surface area contributed by atoms with Gasteiger partial charge in [-0.2, -0.15) is 12.6 Å².